The Kier molecular flexibility index (Phi) is 5.27. The van der Waals surface area contributed by atoms with Crippen molar-refractivity contribution in [3.8, 4) is 0 Å². The highest BCUT2D eigenvalue weighted by Crippen LogP contribution is 2.23. The number of hydrogen-bond acceptors (Lipinski definition) is 7. The molecule has 0 heterocycles. The van der Waals surface area contributed by atoms with Gasteiger partial charge in [0, 0.05) is 12.1 Å². The lowest BCUT2D eigenvalue weighted by molar-refractivity contribution is -0.394. The van der Waals surface area contributed by atoms with Gasteiger partial charge in [-0.05, 0) is 0 Å². The molecule has 0 unspecified atom stereocenters. The van der Waals surface area contributed by atoms with Gasteiger partial charge in [-0.3, -0.25) is 34.6 Å². The summed E-state index contributed by atoms with van der Waals surface area (Å²) in [6, 6.07) is 2.02. The van der Waals surface area contributed by atoms with E-state index in [1.54, 1.807) is 0 Å². The van der Waals surface area contributed by atoms with Crippen LogP contribution in [0.15, 0.2) is 18.2 Å². The number of non-ortho nitro benzene ring substituents is 2. The Morgan fingerprint density at radius 1 is 0.913 bits per heavy atom. The van der Waals surface area contributed by atoms with Gasteiger partial charge in [0.2, 0.25) is 0 Å². The number of hydrogen-bond donors (Lipinski definition) is 2. The topological polar surface area (TPSA) is 181 Å². The van der Waals surface area contributed by atoms with Gasteiger partial charge in [-0.25, -0.2) is 0 Å². The molecule has 122 valence electrons. The number of rotatable bonds is 7. The molecular weight excluding hydrogens is 318 g/mol. The maximum Gasteiger partial charge on any atom is 0.323 e. The van der Waals surface area contributed by atoms with Gasteiger partial charge in [0.25, 0.3) is 17.3 Å². The molecule has 0 radical (unpaired) electrons. The first-order chi connectivity index (χ1) is 10.6. The monoisotopic (exact) mass is 327 g/mol. The second kappa shape index (κ2) is 6.93. The molecule has 0 bridgehead atoms. The summed E-state index contributed by atoms with van der Waals surface area (Å²) in [6.45, 7) is -1.97. The van der Waals surface area contributed by atoms with Crippen LogP contribution >= 0.6 is 0 Å². The van der Waals surface area contributed by atoms with Crippen LogP contribution in [0.1, 0.15) is 10.4 Å². The van der Waals surface area contributed by atoms with Gasteiger partial charge in [-0.2, -0.15) is 0 Å². The van der Waals surface area contributed by atoms with Gasteiger partial charge >= 0.3 is 11.9 Å². The normalized spacial score (nSPS) is 9.91. The second-order valence-electron chi connectivity index (χ2n) is 4.20. The van der Waals surface area contributed by atoms with E-state index in [2.05, 4.69) is 0 Å². The summed E-state index contributed by atoms with van der Waals surface area (Å²) in [5.41, 5.74) is -2.07. The standard InChI is InChI=1S/C11H9N3O9/c15-9(16)4-12(5-10(17)18)11(19)6-1-7(13(20)21)3-8(2-6)14(22)23/h1-3H,4-5H2,(H,15,16)(H,17,18). The van der Waals surface area contributed by atoms with E-state index in [9.17, 15) is 34.6 Å². The van der Waals surface area contributed by atoms with Crippen LogP contribution in [-0.2, 0) is 9.59 Å². The average Bonchev–Trinajstić information content (AvgIpc) is 2.44. The van der Waals surface area contributed by atoms with Gasteiger partial charge in [0.1, 0.15) is 13.1 Å². The van der Waals surface area contributed by atoms with E-state index in [0.29, 0.717) is 23.1 Å². The molecule has 23 heavy (non-hydrogen) atoms. The van der Waals surface area contributed by atoms with Gasteiger partial charge in [-0.1, -0.05) is 0 Å². The lowest BCUT2D eigenvalue weighted by Crippen LogP contribution is -2.39. The molecule has 2 N–H and O–H groups in total. The van der Waals surface area contributed by atoms with Gasteiger partial charge < -0.3 is 15.1 Å². The third-order valence-electron chi connectivity index (χ3n) is 2.51. The quantitative estimate of drug-likeness (QED) is 0.518. The zero-order chi connectivity index (χ0) is 17.7. The van der Waals surface area contributed by atoms with Crippen LogP contribution in [0.25, 0.3) is 0 Å². The molecule has 0 aliphatic heterocycles. The van der Waals surface area contributed by atoms with E-state index in [0.717, 1.165) is 0 Å². The third-order valence-corrected chi connectivity index (χ3v) is 2.51. The van der Waals surface area contributed by atoms with E-state index in [1.807, 2.05) is 0 Å². The summed E-state index contributed by atoms with van der Waals surface area (Å²) < 4.78 is 0. The van der Waals surface area contributed by atoms with Gasteiger partial charge in [0.15, 0.2) is 0 Å². The van der Waals surface area contributed by atoms with E-state index in [-0.39, 0.29) is 0 Å². The van der Waals surface area contributed by atoms with Crippen LogP contribution in [0.3, 0.4) is 0 Å². The number of nitro groups is 2. The van der Waals surface area contributed by atoms with Crippen molar-refractivity contribution >= 4 is 29.2 Å². The summed E-state index contributed by atoms with van der Waals surface area (Å²) in [7, 11) is 0. The van der Waals surface area contributed by atoms with Crippen LogP contribution in [0.2, 0.25) is 0 Å². The molecule has 1 amide bonds. The Labute approximate surface area is 126 Å². The maximum absolute atomic E-state index is 12.1. The molecule has 12 heteroatoms. The predicted octanol–water partition coefficient (Wildman–Crippen LogP) is 0.114. The zero-order valence-corrected chi connectivity index (χ0v) is 11.2. The molecule has 0 aromatic heterocycles. The fourth-order valence-electron chi connectivity index (χ4n) is 1.64. The van der Waals surface area contributed by atoms with E-state index in [1.165, 1.54) is 0 Å². The number of aliphatic carboxylic acids is 2. The molecule has 1 aromatic carbocycles. The fourth-order valence-corrected chi connectivity index (χ4v) is 1.64. The first kappa shape index (κ1) is 17.5. The summed E-state index contributed by atoms with van der Waals surface area (Å²) in [5, 5.41) is 38.8. The Morgan fingerprint density at radius 2 is 1.30 bits per heavy atom. The number of benzene rings is 1. The smallest absolute Gasteiger partial charge is 0.323 e. The number of carbonyl (C=O) groups excluding carboxylic acids is 1. The molecule has 12 nitrogen and oxygen atoms in total. The van der Waals surface area contributed by atoms with Gasteiger partial charge in [0.05, 0.1) is 21.5 Å². The Hall–Kier alpha value is -3.57. The maximum atomic E-state index is 12.1. The van der Waals surface area contributed by atoms with Crippen molar-refractivity contribution < 1.29 is 34.4 Å². The SMILES string of the molecule is O=C(O)CN(CC(=O)O)C(=O)c1cc([N+](=O)[O-])cc([N+](=O)[O-])c1. The first-order valence-electron chi connectivity index (χ1n) is 5.78. The minimum absolute atomic E-state index is 0.382. The highest BCUT2D eigenvalue weighted by molar-refractivity contribution is 5.98. The van der Waals surface area contributed by atoms with Gasteiger partial charge in [-0.15, -0.1) is 0 Å². The summed E-state index contributed by atoms with van der Waals surface area (Å²) >= 11 is 0. The molecule has 0 fully saturated rings. The average molecular weight is 327 g/mol. The van der Waals surface area contributed by atoms with Crippen LogP contribution < -0.4 is 0 Å². The van der Waals surface area contributed by atoms with E-state index < -0.39 is 57.7 Å². The van der Waals surface area contributed by atoms with Crippen molar-refractivity contribution in [2.45, 2.75) is 0 Å². The fraction of sp³-hybridized carbons (Fsp3) is 0.182. The number of nitro benzene ring substituents is 2. The minimum atomic E-state index is -1.51. The first-order valence-corrected chi connectivity index (χ1v) is 5.78. The van der Waals surface area contributed by atoms with Crippen LogP contribution in [0, 0.1) is 20.2 Å². The third kappa shape index (κ3) is 4.73. The van der Waals surface area contributed by atoms with E-state index in [4.69, 9.17) is 10.2 Å². The molecule has 0 saturated heterocycles. The summed E-state index contributed by atoms with van der Waals surface area (Å²) in [5.74, 6) is -4.22. The van der Waals surface area contributed by atoms with Crippen LogP contribution in [0.4, 0.5) is 11.4 Å². The molecule has 1 aromatic rings. The van der Waals surface area contributed by atoms with Crippen molar-refractivity contribution in [3.05, 3.63) is 44.0 Å². The van der Waals surface area contributed by atoms with Crippen LogP contribution in [-0.4, -0.2) is 55.9 Å². The highest BCUT2D eigenvalue weighted by atomic mass is 16.6. The van der Waals surface area contributed by atoms with Crippen molar-refractivity contribution in [2.24, 2.45) is 0 Å². The molecular formula is C11H9N3O9. The minimum Gasteiger partial charge on any atom is -0.480 e. The number of carbonyl (C=O) groups is 3. The highest BCUT2D eigenvalue weighted by Gasteiger charge is 2.25. The number of carboxylic acids is 2. The summed E-state index contributed by atoms with van der Waals surface area (Å²) in [6.07, 6.45) is 0. The zero-order valence-electron chi connectivity index (χ0n) is 11.2. The molecule has 0 spiro atoms. The van der Waals surface area contributed by atoms with E-state index >= 15 is 0 Å². The summed E-state index contributed by atoms with van der Waals surface area (Å²) in [4.78, 5) is 53.4. The number of carboxylic acid groups (broad SMARTS) is 2. The number of amides is 1. The molecule has 0 aliphatic carbocycles. The lowest BCUT2D eigenvalue weighted by atomic mass is 10.1. The van der Waals surface area contributed by atoms with Crippen molar-refractivity contribution in [3.63, 3.8) is 0 Å². The van der Waals surface area contributed by atoms with Crippen molar-refractivity contribution in [1.82, 2.24) is 4.90 Å². The van der Waals surface area contributed by atoms with Crippen molar-refractivity contribution in [1.29, 1.82) is 0 Å². The lowest BCUT2D eigenvalue weighted by Gasteiger charge is -2.18. The molecule has 0 saturated carbocycles. The Morgan fingerprint density at radius 3 is 1.61 bits per heavy atom. The molecule has 1 rings (SSSR count). The molecule has 0 atom stereocenters. The second-order valence-corrected chi connectivity index (χ2v) is 4.20. The number of nitrogens with zero attached hydrogens (tertiary/aromatic N) is 3. The predicted molar refractivity (Wildman–Crippen MR) is 70.9 cm³/mol. The largest absolute Gasteiger partial charge is 0.480 e. The Bertz CT molecular complexity index is 652. The van der Waals surface area contributed by atoms with Crippen LogP contribution in [0.5, 0.6) is 0 Å². The van der Waals surface area contributed by atoms with Crippen molar-refractivity contribution in [2.75, 3.05) is 13.1 Å². The Balaban J connectivity index is 3.31. The molecule has 0 aliphatic rings.